The maximum absolute atomic E-state index is 13.3. The Labute approximate surface area is 203 Å². The molecule has 170 valence electrons. The van der Waals surface area contributed by atoms with Crippen molar-refractivity contribution in [1.29, 1.82) is 0 Å². The zero-order chi connectivity index (χ0) is 23.4. The van der Waals surface area contributed by atoms with E-state index in [4.69, 9.17) is 27.6 Å². The molecule has 5 nitrogen and oxygen atoms in total. The fraction of sp³-hybridized carbons (Fsp3) is 0.231. The van der Waals surface area contributed by atoms with E-state index in [1.165, 1.54) is 0 Å². The standard InChI is InChI=1S/C26H24Cl2N2O3/c1-17-11-13-30(14-12-17)26(32)23(29-25(31)18-5-3-2-4-6-18)16-20-8-10-24(33-20)19-7-9-21(27)22(28)15-19/h2-10,15-17H,11-14H2,1H3,(H,29,31)/b23-16-. The number of piperidine rings is 1. The molecule has 0 unspecified atom stereocenters. The number of hydrogen-bond acceptors (Lipinski definition) is 3. The monoisotopic (exact) mass is 482 g/mol. The summed E-state index contributed by atoms with van der Waals surface area (Å²) < 4.78 is 5.94. The third kappa shape index (κ3) is 5.67. The van der Waals surface area contributed by atoms with Crippen molar-refractivity contribution in [1.82, 2.24) is 10.2 Å². The Morgan fingerprint density at radius 3 is 2.42 bits per heavy atom. The molecule has 2 heterocycles. The van der Waals surface area contributed by atoms with Crippen molar-refractivity contribution in [3.05, 3.63) is 87.7 Å². The number of carbonyl (C=O) groups excluding carboxylic acids is 2. The molecule has 0 spiro atoms. The van der Waals surface area contributed by atoms with E-state index < -0.39 is 0 Å². The molecular weight excluding hydrogens is 459 g/mol. The van der Waals surface area contributed by atoms with E-state index in [1.54, 1.807) is 65.6 Å². The van der Waals surface area contributed by atoms with E-state index in [9.17, 15) is 9.59 Å². The van der Waals surface area contributed by atoms with Gasteiger partial charge < -0.3 is 14.6 Å². The topological polar surface area (TPSA) is 62.6 Å². The van der Waals surface area contributed by atoms with Gasteiger partial charge in [0.05, 0.1) is 10.0 Å². The van der Waals surface area contributed by atoms with Crippen molar-refractivity contribution in [2.75, 3.05) is 13.1 Å². The smallest absolute Gasteiger partial charge is 0.270 e. The molecule has 0 bridgehead atoms. The predicted octanol–water partition coefficient (Wildman–Crippen LogP) is 6.28. The number of halogens is 2. The Kier molecular flexibility index (Phi) is 7.21. The minimum Gasteiger partial charge on any atom is -0.457 e. The lowest BCUT2D eigenvalue weighted by molar-refractivity contribution is -0.128. The largest absolute Gasteiger partial charge is 0.457 e. The van der Waals surface area contributed by atoms with Crippen LogP contribution < -0.4 is 5.32 Å². The van der Waals surface area contributed by atoms with E-state index in [1.807, 2.05) is 6.07 Å². The minimum atomic E-state index is -0.350. The normalized spacial score (nSPS) is 14.9. The molecule has 2 amide bonds. The Balaban J connectivity index is 1.62. The summed E-state index contributed by atoms with van der Waals surface area (Å²) in [5, 5.41) is 3.67. The highest BCUT2D eigenvalue weighted by Crippen LogP contribution is 2.30. The van der Waals surface area contributed by atoms with Crippen LogP contribution in [0.2, 0.25) is 10.0 Å². The SMILES string of the molecule is CC1CCN(C(=O)/C(=C/c2ccc(-c3ccc(Cl)c(Cl)c3)o2)NC(=O)c2ccccc2)CC1. The van der Waals surface area contributed by atoms with E-state index >= 15 is 0 Å². The molecule has 0 saturated carbocycles. The third-order valence-electron chi connectivity index (χ3n) is 5.70. The maximum Gasteiger partial charge on any atom is 0.270 e. The molecular formula is C26H24Cl2N2O3. The van der Waals surface area contributed by atoms with Gasteiger partial charge in [0.1, 0.15) is 17.2 Å². The lowest BCUT2D eigenvalue weighted by atomic mass is 9.99. The zero-order valence-electron chi connectivity index (χ0n) is 18.2. The Hall–Kier alpha value is -3.02. The summed E-state index contributed by atoms with van der Waals surface area (Å²) in [6, 6.07) is 17.6. The van der Waals surface area contributed by atoms with Gasteiger partial charge in [-0.25, -0.2) is 0 Å². The second-order valence-corrected chi connectivity index (χ2v) is 9.00. The van der Waals surface area contributed by atoms with Gasteiger partial charge >= 0.3 is 0 Å². The summed E-state index contributed by atoms with van der Waals surface area (Å²) in [4.78, 5) is 27.9. The van der Waals surface area contributed by atoms with Crippen molar-refractivity contribution in [3.63, 3.8) is 0 Å². The Morgan fingerprint density at radius 1 is 1.00 bits per heavy atom. The van der Waals surface area contributed by atoms with E-state index in [0.29, 0.717) is 46.1 Å². The molecule has 1 aliphatic heterocycles. The van der Waals surface area contributed by atoms with Crippen molar-refractivity contribution < 1.29 is 14.0 Å². The molecule has 1 aliphatic rings. The van der Waals surface area contributed by atoms with Gasteiger partial charge in [-0.2, -0.15) is 0 Å². The van der Waals surface area contributed by atoms with Crippen LogP contribution >= 0.6 is 23.2 Å². The van der Waals surface area contributed by atoms with Crippen LogP contribution in [0.4, 0.5) is 0 Å². The summed E-state index contributed by atoms with van der Waals surface area (Å²) in [5.74, 6) is 1.03. The molecule has 7 heteroatoms. The van der Waals surface area contributed by atoms with Crippen LogP contribution in [-0.4, -0.2) is 29.8 Å². The van der Waals surface area contributed by atoms with Gasteiger partial charge in [0.25, 0.3) is 11.8 Å². The number of nitrogens with zero attached hydrogens (tertiary/aromatic N) is 1. The fourth-order valence-electron chi connectivity index (χ4n) is 3.69. The van der Waals surface area contributed by atoms with Crippen molar-refractivity contribution in [2.24, 2.45) is 5.92 Å². The van der Waals surface area contributed by atoms with Gasteiger partial charge in [-0.15, -0.1) is 0 Å². The van der Waals surface area contributed by atoms with Crippen molar-refractivity contribution in [3.8, 4) is 11.3 Å². The number of benzene rings is 2. The molecule has 0 atom stereocenters. The highest BCUT2D eigenvalue weighted by Gasteiger charge is 2.25. The second-order valence-electron chi connectivity index (χ2n) is 8.18. The molecule has 3 aromatic rings. The zero-order valence-corrected chi connectivity index (χ0v) is 19.7. The number of nitrogens with one attached hydrogen (secondary N) is 1. The highest BCUT2D eigenvalue weighted by atomic mass is 35.5. The molecule has 1 saturated heterocycles. The van der Waals surface area contributed by atoms with Gasteiger partial charge in [-0.05, 0) is 61.2 Å². The van der Waals surface area contributed by atoms with E-state index in [2.05, 4.69) is 12.2 Å². The van der Waals surface area contributed by atoms with Crippen LogP contribution in [0.1, 0.15) is 35.9 Å². The Bertz CT molecular complexity index is 1180. The van der Waals surface area contributed by atoms with Gasteiger partial charge in [-0.1, -0.05) is 48.3 Å². The van der Waals surface area contributed by atoms with Crippen molar-refractivity contribution in [2.45, 2.75) is 19.8 Å². The molecule has 0 radical (unpaired) electrons. The fourth-order valence-corrected chi connectivity index (χ4v) is 3.99. The molecule has 33 heavy (non-hydrogen) atoms. The first kappa shape index (κ1) is 23.1. The molecule has 0 aliphatic carbocycles. The average molecular weight is 483 g/mol. The number of rotatable bonds is 5. The van der Waals surface area contributed by atoms with Crippen molar-refractivity contribution >= 4 is 41.1 Å². The van der Waals surface area contributed by atoms with Gasteiger partial charge in [0.15, 0.2) is 0 Å². The molecule has 4 rings (SSSR count). The minimum absolute atomic E-state index is 0.174. The first-order valence-electron chi connectivity index (χ1n) is 10.8. The van der Waals surface area contributed by atoms with Crippen LogP contribution in [0.5, 0.6) is 0 Å². The van der Waals surface area contributed by atoms with E-state index in [-0.39, 0.29) is 17.5 Å². The quantitative estimate of drug-likeness (QED) is 0.435. The molecule has 2 aromatic carbocycles. The van der Waals surface area contributed by atoms with Crippen LogP contribution in [-0.2, 0) is 4.79 Å². The maximum atomic E-state index is 13.3. The predicted molar refractivity (Wildman–Crippen MR) is 131 cm³/mol. The number of likely N-dealkylation sites (tertiary alicyclic amines) is 1. The summed E-state index contributed by atoms with van der Waals surface area (Å²) in [6.45, 7) is 3.50. The lowest BCUT2D eigenvalue weighted by Crippen LogP contribution is -2.42. The summed E-state index contributed by atoms with van der Waals surface area (Å²) >= 11 is 12.1. The van der Waals surface area contributed by atoms with Gasteiger partial charge in [0, 0.05) is 30.3 Å². The molecule has 1 fully saturated rings. The lowest BCUT2D eigenvalue weighted by Gasteiger charge is -2.31. The number of furan rings is 1. The van der Waals surface area contributed by atoms with Gasteiger partial charge in [-0.3, -0.25) is 9.59 Å². The van der Waals surface area contributed by atoms with Crippen LogP contribution in [0, 0.1) is 5.92 Å². The van der Waals surface area contributed by atoms with Gasteiger partial charge in [0.2, 0.25) is 0 Å². The number of amides is 2. The van der Waals surface area contributed by atoms with E-state index in [0.717, 1.165) is 18.4 Å². The van der Waals surface area contributed by atoms with Crippen LogP contribution in [0.15, 0.2) is 70.8 Å². The second kappa shape index (κ2) is 10.3. The first-order valence-corrected chi connectivity index (χ1v) is 11.6. The summed E-state index contributed by atoms with van der Waals surface area (Å²) in [7, 11) is 0. The Morgan fingerprint density at radius 2 is 1.73 bits per heavy atom. The average Bonchev–Trinajstić information content (AvgIpc) is 3.29. The molecule has 1 aromatic heterocycles. The van der Waals surface area contributed by atoms with Crippen LogP contribution in [0.3, 0.4) is 0 Å². The summed E-state index contributed by atoms with van der Waals surface area (Å²) in [6.07, 6.45) is 3.45. The number of carbonyl (C=O) groups is 2. The number of hydrogen-bond donors (Lipinski definition) is 1. The van der Waals surface area contributed by atoms with Crippen LogP contribution in [0.25, 0.3) is 17.4 Å². The third-order valence-corrected chi connectivity index (χ3v) is 6.44. The summed E-state index contributed by atoms with van der Waals surface area (Å²) in [5.41, 5.74) is 1.41. The molecule has 1 N–H and O–H groups in total. The first-order chi connectivity index (χ1) is 15.9. The highest BCUT2D eigenvalue weighted by molar-refractivity contribution is 6.42.